The van der Waals surface area contributed by atoms with Crippen LogP contribution in [-0.4, -0.2) is 32.6 Å². The number of nitrogens with one attached hydrogen (secondary N) is 1. The van der Waals surface area contributed by atoms with Crippen LogP contribution in [0.15, 0.2) is 18.7 Å². The molecule has 1 aromatic rings. The van der Waals surface area contributed by atoms with Crippen LogP contribution < -0.4 is 5.32 Å². The van der Waals surface area contributed by atoms with Crippen molar-refractivity contribution < 1.29 is 14.7 Å². The zero-order chi connectivity index (χ0) is 12.3. The first-order valence-electron chi connectivity index (χ1n) is 5.65. The summed E-state index contributed by atoms with van der Waals surface area (Å²) >= 11 is 0. The summed E-state index contributed by atoms with van der Waals surface area (Å²) in [5, 5.41) is 11.3. The predicted molar refractivity (Wildman–Crippen MR) is 59.3 cm³/mol. The number of hydrogen-bond donors (Lipinski definition) is 2. The Kier molecular flexibility index (Phi) is 3.41. The van der Waals surface area contributed by atoms with Gasteiger partial charge in [-0.1, -0.05) is 0 Å². The number of carboxylic acid groups (broad SMARTS) is 1. The number of hydrogen-bond acceptors (Lipinski definition) is 3. The number of nitrogens with zero attached hydrogens (tertiary/aromatic N) is 2. The van der Waals surface area contributed by atoms with Crippen molar-refractivity contribution in [3.05, 3.63) is 18.7 Å². The highest BCUT2D eigenvalue weighted by Crippen LogP contribution is 2.29. The second-order valence-electron chi connectivity index (χ2n) is 4.25. The fourth-order valence-electron chi connectivity index (χ4n) is 2.33. The quantitative estimate of drug-likeness (QED) is 0.750. The van der Waals surface area contributed by atoms with Crippen LogP contribution in [-0.2, 0) is 9.59 Å². The Balaban J connectivity index is 1.96. The zero-order valence-electron chi connectivity index (χ0n) is 9.37. The lowest BCUT2D eigenvalue weighted by molar-refractivity contribution is -0.140. The molecule has 1 aliphatic rings. The van der Waals surface area contributed by atoms with E-state index in [1.165, 1.54) is 0 Å². The standard InChI is InChI=1S/C11H15N3O3/c15-10(6-11(16)17)13-8-2-1-3-9(8)14-5-4-12-7-14/h4-5,7-9H,1-3,6H2,(H,13,15)(H,16,17). The van der Waals surface area contributed by atoms with E-state index in [9.17, 15) is 9.59 Å². The summed E-state index contributed by atoms with van der Waals surface area (Å²) < 4.78 is 1.97. The van der Waals surface area contributed by atoms with Crippen molar-refractivity contribution in [2.24, 2.45) is 0 Å². The van der Waals surface area contributed by atoms with Crippen LogP contribution in [0.2, 0.25) is 0 Å². The molecule has 1 aliphatic carbocycles. The topological polar surface area (TPSA) is 84.2 Å². The molecule has 0 radical (unpaired) electrons. The first-order valence-corrected chi connectivity index (χ1v) is 5.65. The van der Waals surface area contributed by atoms with Gasteiger partial charge in [0.05, 0.1) is 12.4 Å². The van der Waals surface area contributed by atoms with Crippen LogP contribution in [0, 0.1) is 0 Å². The Morgan fingerprint density at radius 1 is 1.47 bits per heavy atom. The Morgan fingerprint density at radius 3 is 2.94 bits per heavy atom. The molecule has 6 nitrogen and oxygen atoms in total. The third kappa shape index (κ3) is 2.83. The van der Waals surface area contributed by atoms with Gasteiger partial charge in [-0.15, -0.1) is 0 Å². The van der Waals surface area contributed by atoms with Crippen LogP contribution in [0.3, 0.4) is 0 Å². The molecular formula is C11H15N3O3. The molecule has 17 heavy (non-hydrogen) atoms. The van der Waals surface area contributed by atoms with Gasteiger partial charge in [-0.25, -0.2) is 4.98 Å². The molecule has 2 atom stereocenters. The van der Waals surface area contributed by atoms with Crippen LogP contribution in [0.1, 0.15) is 31.7 Å². The summed E-state index contributed by atoms with van der Waals surface area (Å²) in [6, 6.07) is 0.200. The molecule has 0 bridgehead atoms. The lowest BCUT2D eigenvalue weighted by Gasteiger charge is -2.21. The molecule has 6 heteroatoms. The SMILES string of the molecule is O=C(O)CC(=O)NC1CCCC1n1ccnc1. The smallest absolute Gasteiger partial charge is 0.312 e. The normalized spacial score (nSPS) is 23.5. The minimum Gasteiger partial charge on any atom is -0.481 e. The maximum atomic E-state index is 11.4. The average molecular weight is 237 g/mol. The summed E-state index contributed by atoms with van der Waals surface area (Å²) in [5.74, 6) is -1.52. The van der Waals surface area contributed by atoms with Crippen molar-refractivity contribution >= 4 is 11.9 Å². The summed E-state index contributed by atoms with van der Waals surface area (Å²) in [5.41, 5.74) is 0. The van der Waals surface area contributed by atoms with Gasteiger partial charge in [0.2, 0.25) is 5.91 Å². The van der Waals surface area contributed by atoms with E-state index in [0.29, 0.717) is 0 Å². The van der Waals surface area contributed by atoms with E-state index in [-0.39, 0.29) is 12.1 Å². The second-order valence-corrected chi connectivity index (χ2v) is 4.25. The van der Waals surface area contributed by atoms with Gasteiger partial charge >= 0.3 is 5.97 Å². The van der Waals surface area contributed by atoms with Gasteiger partial charge in [-0.05, 0) is 19.3 Å². The number of amides is 1. The van der Waals surface area contributed by atoms with Gasteiger partial charge in [-0.3, -0.25) is 9.59 Å². The molecule has 2 rings (SSSR count). The van der Waals surface area contributed by atoms with Gasteiger partial charge in [0.15, 0.2) is 0 Å². The molecule has 1 fully saturated rings. The van der Waals surface area contributed by atoms with Crippen LogP contribution in [0.25, 0.3) is 0 Å². The minimum absolute atomic E-state index is 0.0102. The highest BCUT2D eigenvalue weighted by molar-refractivity contribution is 5.93. The molecule has 1 heterocycles. The van der Waals surface area contributed by atoms with E-state index in [1.807, 2.05) is 10.8 Å². The number of rotatable bonds is 4. The Hall–Kier alpha value is -1.85. The first-order chi connectivity index (χ1) is 8.16. The van der Waals surface area contributed by atoms with Gasteiger partial charge < -0.3 is 15.0 Å². The van der Waals surface area contributed by atoms with Gasteiger partial charge in [0.25, 0.3) is 0 Å². The number of aliphatic carboxylic acids is 1. The summed E-state index contributed by atoms with van der Waals surface area (Å²) in [6.07, 6.45) is 7.73. The summed E-state index contributed by atoms with van der Waals surface area (Å²) in [4.78, 5) is 25.8. The lowest BCUT2D eigenvalue weighted by Crippen LogP contribution is -2.38. The lowest BCUT2D eigenvalue weighted by atomic mass is 10.1. The van der Waals surface area contributed by atoms with E-state index < -0.39 is 18.3 Å². The monoisotopic (exact) mass is 237 g/mol. The van der Waals surface area contributed by atoms with Gasteiger partial charge in [0.1, 0.15) is 6.42 Å². The molecule has 0 spiro atoms. The number of aromatic nitrogens is 2. The number of carboxylic acids is 1. The van der Waals surface area contributed by atoms with Crippen molar-refractivity contribution in [3.8, 4) is 0 Å². The van der Waals surface area contributed by atoms with E-state index >= 15 is 0 Å². The molecule has 1 saturated carbocycles. The summed E-state index contributed by atoms with van der Waals surface area (Å²) in [7, 11) is 0. The average Bonchev–Trinajstić information content (AvgIpc) is 2.84. The molecule has 1 amide bonds. The van der Waals surface area contributed by atoms with E-state index in [4.69, 9.17) is 5.11 Å². The maximum absolute atomic E-state index is 11.4. The number of imidazole rings is 1. The number of carbonyl (C=O) groups excluding carboxylic acids is 1. The van der Waals surface area contributed by atoms with Crippen molar-refractivity contribution in [1.29, 1.82) is 0 Å². The third-order valence-corrected chi connectivity index (χ3v) is 3.05. The highest BCUT2D eigenvalue weighted by Gasteiger charge is 2.29. The molecule has 0 saturated heterocycles. The fraction of sp³-hybridized carbons (Fsp3) is 0.545. The molecule has 2 N–H and O–H groups in total. The Labute approximate surface area is 98.7 Å². The van der Waals surface area contributed by atoms with Crippen molar-refractivity contribution in [2.75, 3.05) is 0 Å². The van der Waals surface area contributed by atoms with Gasteiger partial charge in [-0.2, -0.15) is 0 Å². The third-order valence-electron chi connectivity index (χ3n) is 3.05. The molecule has 0 aromatic carbocycles. The molecular weight excluding hydrogens is 222 g/mol. The number of carbonyl (C=O) groups is 2. The van der Waals surface area contributed by atoms with E-state index in [2.05, 4.69) is 10.3 Å². The first kappa shape index (κ1) is 11.6. The Morgan fingerprint density at radius 2 is 2.29 bits per heavy atom. The van der Waals surface area contributed by atoms with Crippen molar-refractivity contribution in [3.63, 3.8) is 0 Å². The van der Waals surface area contributed by atoms with Crippen molar-refractivity contribution in [1.82, 2.24) is 14.9 Å². The van der Waals surface area contributed by atoms with Crippen LogP contribution in [0.4, 0.5) is 0 Å². The highest BCUT2D eigenvalue weighted by atomic mass is 16.4. The largest absolute Gasteiger partial charge is 0.481 e. The predicted octanol–water partition coefficient (Wildman–Crippen LogP) is 0.568. The van der Waals surface area contributed by atoms with Crippen LogP contribution in [0.5, 0.6) is 0 Å². The second kappa shape index (κ2) is 4.99. The molecule has 92 valence electrons. The Bertz CT molecular complexity index is 402. The van der Waals surface area contributed by atoms with E-state index in [0.717, 1.165) is 19.3 Å². The van der Waals surface area contributed by atoms with Gasteiger partial charge in [0, 0.05) is 18.4 Å². The fourth-order valence-corrected chi connectivity index (χ4v) is 2.33. The molecule has 2 unspecified atom stereocenters. The molecule has 1 aromatic heterocycles. The zero-order valence-corrected chi connectivity index (χ0v) is 9.37. The molecule has 0 aliphatic heterocycles. The minimum atomic E-state index is -1.10. The summed E-state index contributed by atoms with van der Waals surface area (Å²) in [6.45, 7) is 0. The maximum Gasteiger partial charge on any atom is 0.312 e. The van der Waals surface area contributed by atoms with E-state index in [1.54, 1.807) is 12.5 Å². The van der Waals surface area contributed by atoms with Crippen LogP contribution >= 0.6 is 0 Å². The van der Waals surface area contributed by atoms with Crippen molar-refractivity contribution in [2.45, 2.75) is 37.8 Å².